The van der Waals surface area contributed by atoms with Crippen LogP contribution in [0.5, 0.6) is 0 Å². The smallest absolute Gasteiger partial charge is 0.357 e. The summed E-state index contributed by atoms with van der Waals surface area (Å²) in [5.41, 5.74) is 0.0131. The van der Waals surface area contributed by atoms with E-state index < -0.39 is 5.97 Å². The van der Waals surface area contributed by atoms with E-state index in [2.05, 4.69) is 31.1 Å². The lowest BCUT2D eigenvalue weighted by Crippen LogP contribution is -2.19. The Morgan fingerprint density at radius 2 is 2.29 bits per heavy atom. The van der Waals surface area contributed by atoms with Crippen molar-refractivity contribution in [1.29, 1.82) is 0 Å². The zero-order valence-electron chi connectivity index (χ0n) is 8.50. The van der Waals surface area contributed by atoms with Crippen LogP contribution in [0.3, 0.4) is 0 Å². The lowest BCUT2D eigenvalue weighted by molar-refractivity contribution is 0.0690. The predicted molar refractivity (Wildman–Crippen MR) is 51.4 cm³/mol. The average Bonchev–Trinajstić information content (AvgIpc) is 2.47. The van der Waals surface area contributed by atoms with Crippen LogP contribution in [0.15, 0.2) is 10.7 Å². The Labute approximate surface area is 82.1 Å². The van der Waals surface area contributed by atoms with Crippen LogP contribution in [0.2, 0.25) is 0 Å². The van der Waals surface area contributed by atoms with Crippen LogP contribution in [0.1, 0.15) is 31.3 Å². The Kier molecular flexibility index (Phi) is 2.78. The molecule has 0 saturated heterocycles. The van der Waals surface area contributed by atoms with Crippen molar-refractivity contribution in [3.63, 3.8) is 0 Å². The van der Waals surface area contributed by atoms with Gasteiger partial charge in [-0.25, -0.2) is 4.79 Å². The van der Waals surface area contributed by atoms with E-state index in [1.165, 1.54) is 0 Å². The minimum atomic E-state index is -1.09. The van der Waals surface area contributed by atoms with Crippen LogP contribution in [-0.4, -0.2) is 22.6 Å². The number of rotatable bonds is 3. The molecule has 0 fully saturated rings. The van der Waals surface area contributed by atoms with E-state index in [1.807, 2.05) is 0 Å². The summed E-state index contributed by atoms with van der Waals surface area (Å²) < 4.78 is 4.92. The van der Waals surface area contributed by atoms with Gasteiger partial charge in [0, 0.05) is 6.54 Å². The van der Waals surface area contributed by atoms with E-state index >= 15 is 0 Å². The molecular weight excluding hydrogens is 184 g/mol. The van der Waals surface area contributed by atoms with Crippen molar-refractivity contribution in [3.8, 4) is 0 Å². The second kappa shape index (κ2) is 3.69. The van der Waals surface area contributed by atoms with Crippen LogP contribution in [-0.2, 0) is 0 Å². The van der Waals surface area contributed by atoms with Gasteiger partial charge in [0.15, 0.2) is 5.69 Å². The van der Waals surface area contributed by atoms with E-state index in [4.69, 9.17) is 9.52 Å². The third kappa shape index (κ3) is 3.08. The van der Waals surface area contributed by atoms with E-state index in [0.29, 0.717) is 6.54 Å². The van der Waals surface area contributed by atoms with Gasteiger partial charge in [-0.3, -0.25) is 0 Å². The summed E-state index contributed by atoms with van der Waals surface area (Å²) in [5.74, 6) is -1.09. The van der Waals surface area contributed by atoms with Crippen molar-refractivity contribution in [1.82, 2.24) is 4.98 Å². The second-order valence-corrected chi connectivity index (χ2v) is 4.26. The average molecular weight is 198 g/mol. The molecule has 0 bridgehead atoms. The Morgan fingerprint density at radius 1 is 1.64 bits per heavy atom. The molecule has 1 heterocycles. The minimum Gasteiger partial charge on any atom is -0.476 e. The molecule has 1 aromatic heterocycles. The van der Waals surface area contributed by atoms with Gasteiger partial charge in [-0.1, -0.05) is 20.8 Å². The maximum atomic E-state index is 10.5. The first-order valence-corrected chi connectivity index (χ1v) is 4.31. The van der Waals surface area contributed by atoms with Gasteiger partial charge in [-0.15, -0.1) is 0 Å². The summed E-state index contributed by atoms with van der Waals surface area (Å²) in [7, 11) is 0. The fourth-order valence-electron chi connectivity index (χ4n) is 0.794. The number of hydrogen-bond donors (Lipinski definition) is 2. The number of carboxylic acid groups (broad SMARTS) is 1. The number of aromatic nitrogens is 1. The summed E-state index contributed by atoms with van der Waals surface area (Å²) in [6.07, 6.45) is 1.12. The highest BCUT2D eigenvalue weighted by atomic mass is 16.4. The fraction of sp³-hybridized carbons (Fsp3) is 0.556. The minimum absolute atomic E-state index is 0.0820. The molecule has 78 valence electrons. The number of hydrogen-bond acceptors (Lipinski definition) is 4. The summed E-state index contributed by atoms with van der Waals surface area (Å²) in [6, 6.07) is 0.248. The number of nitrogens with one attached hydrogen (secondary N) is 1. The lowest BCUT2D eigenvalue weighted by atomic mass is 9.97. The van der Waals surface area contributed by atoms with Crippen molar-refractivity contribution >= 4 is 12.0 Å². The molecule has 0 atom stereocenters. The van der Waals surface area contributed by atoms with E-state index in [0.717, 1.165) is 6.26 Å². The summed E-state index contributed by atoms with van der Waals surface area (Å²) in [5, 5.41) is 11.5. The molecule has 5 heteroatoms. The predicted octanol–water partition coefficient (Wildman–Crippen LogP) is 1.83. The zero-order valence-corrected chi connectivity index (χ0v) is 8.50. The number of aromatic carboxylic acids is 1. The molecule has 0 saturated carbocycles. The molecule has 5 nitrogen and oxygen atoms in total. The monoisotopic (exact) mass is 198 g/mol. The summed E-state index contributed by atoms with van der Waals surface area (Å²) >= 11 is 0. The number of oxazole rings is 1. The van der Waals surface area contributed by atoms with Crippen molar-refractivity contribution in [2.45, 2.75) is 20.8 Å². The maximum absolute atomic E-state index is 10.5. The first-order valence-electron chi connectivity index (χ1n) is 4.31. The van der Waals surface area contributed by atoms with E-state index in [1.54, 1.807) is 0 Å². The van der Waals surface area contributed by atoms with E-state index in [9.17, 15) is 4.79 Å². The molecule has 1 rings (SSSR count). The molecule has 0 unspecified atom stereocenters. The Morgan fingerprint density at radius 3 is 2.71 bits per heavy atom. The van der Waals surface area contributed by atoms with Gasteiger partial charge in [-0.2, -0.15) is 4.98 Å². The maximum Gasteiger partial charge on any atom is 0.357 e. The van der Waals surface area contributed by atoms with Gasteiger partial charge in [0.05, 0.1) is 0 Å². The highest BCUT2D eigenvalue weighted by Gasteiger charge is 2.13. The Bertz CT molecular complexity index is 325. The van der Waals surface area contributed by atoms with Gasteiger partial charge in [0.25, 0.3) is 6.01 Å². The molecule has 0 aliphatic heterocycles. The number of anilines is 1. The fourth-order valence-corrected chi connectivity index (χ4v) is 0.794. The normalized spacial score (nSPS) is 11.4. The van der Waals surface area contributed by atoms with Crippen LogP contribution in [0.25, 0.3) is 0 Å². The first kappa shape index (κ1) is 10.6. The number of carboxylic acids is 1. The largest absolute Gasteiger partial charge is 0.476 e. The molecule has 0 amide bonds. The molecule has 14 heavy (non-hydrogen) atoms. The highest BCUT2D eigenvalue weighted by molar-refractivity contribution is 5.85. The van der Waals surface area contributed by atoms with Gasteiger partial charge in [0.2, 0.25) is 0 Å². The standard InChI is InChI=1S/C9H14N2O3/c1-9(2,3)5-10-8-11-6(4-14-8)7(12)13/h4H,5H2,1-3H3,(H,10,11)(H,12,13). The number of nitrogens with zero attached hydrogens (tertiary/aromatic N) is 1. The molecule has 0 radical (unpaired) electrons. The molecule has 1 aromatic rings. The van der Waals surface area contributed by atoms with Gasteiger partial charge >= 0.3 is 5.97 Å². The molecular formula is C9H14N2O3. The zero-order chi connectivity index (χ0) is 10.8. The SMILES string of the molecule is CC(C)(C)CNc1nc(C(=O)O)co1. The van der Waals surface area contributed by atoms with Crippen molar-refractivity contribution < 1.29 is 14.3 Å². The lowest BCUT2D eigenvalue weighted by Gasteiger charge is -2.17. The molecule has 0 aliphatic carbocycles. The summed E-state index contributed by atoms with van der Waals surface area (Å²) in [6.45, 7) is 6.84. The summed E-state index contributed by atoms with van der Waals surface area (Å²) in [4.78, 5) is 14.2. The topological polar surface area (TPSA) is 75.4 Å². The third-order valence-corrected chi connectivity index (χ3v) is 1.49. The van der Waals surface area contributed by atoms with Crippen molar-refractivity contribution in [2.24, 2.45) is 5.41 Å². The first-order chi connectivity index (χ1) is 6.38. The van der Waals surface area contributed by atoms with Gasteiger partial charge in [0.1, 0.15) is 6.26 Å². The molecule has 0 aliphatic rings. The van der Waals surface area contributed by atoms with E-state index in [-0.39, 0.29) is 17.1 Å². The van der Waals surface area contributed by atoms with Crippen LogP contribution < -0.4 is 5.32 Å². The molecule has 2 N–H and O–H groups in total. The Balaban J connectivity index is 2.56. The van der Waals surface area contributed by atoms with Gasteiger partial charge in [-0.05, 0) is 5.41 Å². The quantitative estimate of drug-likeness (QED) is 0.774. The van der Waals surface area contributed by atoms with Crippen molar-refractivity contribution in [2.75, 3.05) is 11.9 Å². The van der Waals surface area contributed by atoms with Crippen LogP contribution >= 0.6 is 0 Å². The van der Waals surface area contributed by atoms with Crippen LogP contribution in [0.4, 0.5) is 6.01 Å². The molecule has 0 spiro atoms. The second-order valence-electron chi connectivity index (χ2n) is 4.26. The highest BCUT2D eigenvalue weighted by Crippen LogP contribution is 2.15. The van der Waals surface area contributed by atoms with Crippen molar-refractivity contribution in [3.05, 3.63) is 12.0 Å². The Hall–Kier alpha value is -1.52. The number of carbonyl (C=O) groups is 1. The molecule has 0 aromatic carbocycles. The third-order valence-electron chi connectivity index (χ3n) is 1.49. The van der Waals surface area contributed by atoms with Gasteiger partial charge < -0.3 is 14.8 Å². The van der Waals surface area contributed by atoms with Crippen LogP contribution in [0, 0.1) is 5.41 Å².